The lowest BCUT2D eigenvalue weighted by Crippen LogP contribution is -2.37. The molecule has 1 heterocycles. The first-order valence-electron chi connectivity index (χ1n) is 6.39. The fourth-order valence-electron chi connectivity index (χ4n) is 1.51. The van der Waals surface area contributed by atoms with Gasteiger partial charge in [0.05, 0.1) is 6.61 Å². The molecule has 0 aromatic carbocycles. The smallest absolute Gasteiger partial charge is 0.356 e. The van der Waals surface area contributed by atoms with Crippen LogP contribution in [-0.4, -0.2) is 23.1 Å². The minimum atomic E-state index is -0.366. The zero-order valence-electron chi connectivity index (χ0n) is 11.4. The molecule has 0 bridgehead atoms. The standard InChI is InChI=1S/C14H22N2O2/c1-4-8-18-13(17)12-7-6-11(10-16-12)9-14(3,15)5-2/h6-7,10H,4-5,8-9,15H2,1-3H3. The Balaban J connectivity index is 2.65. The van der Waals surface area contributed by atoms with E-state index >= 15 is 0 Å². The Morgan fingerprint density at radius 2 is 2.17 bits per heavy atom. The highest BCUT2D eigenvalue weighted by Crippen LogP contribution is 2.13. The number of nitrogens with zero attached hydrogens (tertiary/aromatic N) is 1. The molecule has 0 aliphatic rings. The summed E-state index contributed by atoms with van der Waals surface area (Å²) in [6, 6.07) is 3.58. The van der Waals surface area contributed by atoms with Gasteiger partial charge in [-0.3, -0.25) is 0 Å². The van der Waals surface area contributed by atoms with E-state index in [0.717, 1.165) is 24.8 Å². The lowest BCUT2D eigenvalue weighted by atomic mass is 9.92. The largest absolute Gasteiger partial charge is 0.461 e. The number of hydrogen-bond acceptors (Lipinski definition) is 4. The molecule has 0 fully saturated rings. The first-order valence-corrected chi connectivity index (χ1v) is 6.39. The Morgan fingerprint density at radius 1 is 1.44 bits per heavy atom. The molecule has 1 aromatic rings. The summed E-state index contributed by atoms with van der Waals surface area (Å²) in [5, 5.41) is 0. The molecule has 1 atom stereocenters. The van der Waals surface area contributed by atoms with E-state index in [4.69, 9.17) is 10.5 Å². The van der Waals surface area contributed by atoms with Crippen LogP contribution in [0.4, 0.5) is 0 Å². The van der Waals surface area contributed by atoms with Crippen LogP contribution >= 0.6 is 0 Å². The second kappa shape index (κ2) is 6.50. The van der Waals surface area contributed by atoms with Gasteiger partial charge in [-0.15, -0.1) is 0 Å². The third-order valence-electron chi connectivity index (χ3n) is 2.89. The minimum absolute atomic E-state index is 0.230. The highest BCUT2D eigenvalue weighted by atomic mass is 16.5. The number of ether oxygens (including phenoxy) is 1. The van der Waals surface area contributed by atoms with Crippen molar-refractivity contribution in [3.05, 3.63) is 29.6 Å². The number of esters is 1. The van der Waals surface area contributed by atoms with Gasteiger partial charge >= 0.3 is 5.97 Å². The van der Waals surface area contributed by atoms with Crippen molar-refractivity contribution in [2.45, 2.75) is 45.6 Å². The summed E-state index contributed by atoms with van der Waals surface area (Å²) in [6.45, 7) is 6.45. The number of carbonyl (C=O) groups excluding carboxylic acids is 1. The molecule has 1 rings (SSSR count). The van der Waals surface area contributed by atoms with Crippen LogP contribution in [0.25, 0.3) is 0 Å². The van der Waals surface area contributed by atoms with Crippen molar-refractivity contribution in [2.75, 3.05) is 6.61 Å². The van der Waals surface area contributed by atoms with Crippen LogP contribution in [-0.2, 0) is 11.2 Å². The van der Waals surface area contributed by atoms with Crippen LogP contribution in [0.1, 0.15) is 49.7 Å². The lowest BCUT2D eigenvalue weighted by molar-refractivity contribution is 0.0498. The van der Waals surface area contributed by atoms with Crippen LogP contribution in [0.15, 0.2) is 18.3 Å². The predicted molar refractivity (Wildman–Crippen MR) is 71.4 cm³/mol. The first kappa shape index (κ1) is 14.6. The van der Waals surface area contributed by atoms with E-state index in [-0.39, 0.29) is 11.5 Å². The van der Waals surface area contributed by atoms with Gasteiger partial charge in [0.2, 0.25) is 0 Å². The van der Waals surface area contributed by atoms with E-state index < -0.39 is 0 Å². The van der Waals surface area contributed by atoms with Crippen LogP contribution in [0.2, 0.25) is 0 Å². The second-order valence-corrected chi connectivity index (χ2v) is 4.87. The van der Waals surface area contributed by atoms with Crippen LogP contribution in [0.3, 0.4) is 0 Å². The minimum Gasteiger partial charge on any atom is -0.461 e. The van der Waals surface area contributed by atoms with Crippen LogP contribution in [0.5, 0.6) is 0 Å². The molecule has 18 heavy (non-hydrogen) atoms. The molecule has 2 N–H and O–H groups in total. The fourth-order valence-corrected chi connectivity index (χ4v) is 1.51. The van der Waals surface area contributed by atoms with Crippen molar-refractivity contribution in [3.63, 3.8) is 0 Å². The Hall–Kier alpha value is -1.42. The Morgan fingerprint density at radius 3 is 2.67 bits per heavy atom. The maximum atomic E-state index is 11.5. The summed E-state index contributed by atoms with van der Waals surface area (Å²) in [5.74, 6) is -0.366. The number of hydrogen-bond donors (Lipinski definition) is 1. The highest BCUT2D eigenvalue weighted by Gasteiger charge is 2.17. The number of carbonyl (C=O) groups is 1. The molecular weight excluding hydrogens is 228 g/mol. The maximum absolute atomic E-state index is 11.5. The third-order valence-corrected chi connectivity index (χ3v) is 2.89. The van der Waals surface area contributed by atoms with E-state index in [0.29, 0.717) is 12.3 Å². The zero-order chi connectivity index (χ0) is 13.6. The number of nitrogens with two attached hydrogens (primary N) is 1. The summed E-state index contributed by atoms with van der Waals surface area (Å²) in [5.41, 5.74) is 7.25. The Bertz CT molecular complexity index is 385. The van der Waals surface area contributed by atoms with E-state index in [1.54, 1.807) is 12.3 Å². The van der Waals surface area contributed by atoms with Crippen LogP contribution < -0.4 is 5.73 Å². The predicted octanol–water partition coefficient (Wildman–Crippen LogP) is 2.32. The second-order valence-electron chi connectivity index (χ2n) is 4.87. The van der Waals surface area contributed by atoms with Gasteiger partial charge < -0.3 is 10.5 Å². The molecule has 1 aromatic heterocycles. The van der Waals surface area contributed by atoms with Gasteiger partial charge in [0.25, 0.3) is 0 Å². The number of rotatable bonds is 6. The fraction of sp³-hybridized carbons (Fsp3) is 0.571. The van der Waals surface area contributed by atoms with Crippen molar-refractivity contribution in [1.82, 2.24) is 4.98 Å². The van der Waals surface area contributed by atoms with Gasteiger partial charge in [-0.25, -0.2) is 9.78 Å². The number of pyridine rings is 1. The highest BCUT2D eigenvalue weighted by molar-refractivity contribution is 5.87. The van der Waals surface area contributed by atoms with E-state index in [2.05, 4.69) is 11.9 Å². The number of aromatic nitrogens is 1. The van der Waals surface area contributed by atoms with Crippen molar-refractivity contribution in [1.29, 1.82) is 0 Å². The average molecular weight is 250 g/mol. The summed E-state index contributed by atoms with van der Waals surface area (Å²) in [4.78, 5) is 15.7. The quantitative estimate of drug-likeness (QED) is 0.787. The molecule has 0 amide bonds. The maximum Gasteiger partial charge on any atom is 0.356 e. The Labute approximate surface area is 109 Å². The molecule has 0 saturated carbocycles. The molecule has 4 nitrogen and oxygen atoms in total. The Kier molecular flexibility index (Phi) is 5.28. The molecule has 0 saturated heterocycles. The van der Waals surface area contributed by atoms with Crippen molar-refractivity contribution < 1.29 is 9.53 Å². The van der Waals surface area contributed by atoms with Crippen molar-refractivity contribution in [3.8, 4) is 0 Å². The molecule has 100 valence electrons. The topological polar surface area (TPSA) is 65.2 Å². The third kappa shape index (κ3) is 4.45. The van der Waals surface area contributed by atoms with Gasteiger partial charge in [-0.1, -0.05) is 19.9 Å². The van der Waals surface area contributed by atoms with E-state index in [9.17, 15) is 4.79 Å². The van der Waals surface area contributed by atoms with Gasteiger partial charge in [-0.05, 0) is 37.8 Å². The molecule has 0 radical (unpaired) electrons. The van der Waals surface area contributed by atoms with E-state index in [1.807, 2.05) is 19.9 Å². The van der Waals surface area contributed by atoms with Crippen molar-refractivity contribution in [2.24, 2.45) is 5.73 Å². The van der Waals surface area contributed by atoms with Gasteiger partial charge in [0.15, 0.2) is 0 Å². The lowest BCUT2D eigenvalue weighted by Gasteiger charge is -2.22. The van der Waals surface area contributed by atoms with Crippen LogP contribution in [0, 0.1) is 0 Å². The van der Waals surface area contributed by atoms with Crippen molar-refractivity contribution >= 4 is 5.97 Å². The summed E-state index contributed by atoms with van der Waals surface area (Å²) in [6.07, 6.45) is 4.16. The summed E-state index contributed by atoms with van der Waals surface area (Å²) < 4.78 is 5.01. The summed E-state index contributed by atoms with van der Waals surface area (Å²) in [7, 11) is 0. The molecule has 0 aliphatic heterocycles. The first-order chi connectivity index (χ1) is 8.48. The SMILES string of the molecule is CCCOC(=O)c1ccc(CC(C)(N)CC)cn1. The molecule has 0 aliphatic carbocycles. The zero-order valence-corrected chi connectivity index (χ0v) is 11.4. The van der Waals surface area contributed by atoms with Gasteiger partial charge in [0, 0.05) is 11.7 Å². The molecule has 0 spiro atoms. The molecule has 1 unspecified atom stereocenters. The average Bonchev–Trinajstić information content (AvgIpc) is 2.36. The summed E-state index contributed by atoms with van der Waals surface area (Å²) >= 11 is 0. The molecule has 4 heteroatoms. The monoisotopic (exact) mass is 250 g/mol. The van der Waals surface area contributed by atoms with E-state index in [1.165, 1.54) is 0 Å². The van der Waals surface area contributed by atoms with Gasteiger partial charge in [0.1, 0.15) is 5.69 Å². The molecular formula is C14H22N2O2. The normalized spacial score (nSPS) is 14.0. The van der Waals surface area contributed by atoms with Gasteiger partial charge in [-0.2, -0.15) is 0 Å².